The molecule has 0 fully saturated rings. The van der Waals surface area contributed by atoms with Crippen molar-refractivity contribution in [3.63, 3.8) is 0 Å². The van der Waals surface area contributed by atoms with Crippen LogP contribution in [0.25, 0.3) is 5.57 Å². The number of nitrogens with zero attached hydrogens (tertiary/aromatic N) is 3. The van der Waals surface area contributed by atoms with E-state index in [9.17, 15) is 0 Å². The SMILES string of the molecule is CNc1ccnc(Nc2cc3c(c(C4=CCN(C)CCC4)c2)OCC3)n1. The number of benzene rings is 1. The van der Waals surface area contributed by atoms with E-state index < -0.39 is 0 Å². The van der Waals surface area contributed by atoms with Crippen LogP contribution in [0.4, 0.5) is 17.5 Å². The molecule has 0 radical (unpaired) electrons. The third-order valence-electron chi connectivity index (χ3n) is 4.93. The number of likely N-dealkylation sites (N-methyl/N-ethyl adjacent to an activating group) is 1. The van der Waals surface area contributed by atoms with E-state index in [4.69, 9.17) is 4.74 Å². The number of aromatic nitrogens is 2. The van der Waals surface area contributed by atoms with Gasteiger partial charge in [-0.05, 0) is 50.2 Å². The average molecular weight is 351 g/mol. The van der Waals surface area contributed by atoms with E-state index >= 15 is 0 Å². The number of allylic oxidation sites excluding steroid dienone is 1. The van der Waals surface area contributed by atoms with E-state index in [1.807, 2.05) is 13.1 Å². The van der Waals surface area contributed by atoms with Gasteiger partial charge in [0.2, 0.25) is 5.95 Å². The van der Waals surface area contributed by atoms with Crippen molar-refractivity contribution >= 4 is 23.0 Å². The van der Waals surface area contributed by atoms with Crippen molar-refractivity contribution in [1.29, 1.82) is 0 Å². The van der Waals surface area contributed by atoms with Crippen LogP contribution in [0.2, 0.25) is 0 Å². The van der Waals surface area contributed by atoms with Gasteiger partial charge in [-0.3, -0.25) is 0 Å². The third kappa shape index (κ3) is 3.51. The van der Waals surface area contributed by atoms with E-state index in [0.717, 1.165) is 49.8 Å². The lowest BCUT2D eigenvalue weighted by atomic mass is 9.97. The van der Waals surface area contributed by atoms with Gasteiger partial charge in [-0.1, -0.05) is 6.08 Å². The minimum Gasteiger partial charge on any atom is -0.492 e. The van der Waals surface area contributed by atoms with Crippen molar-refractivity contribution in [2.45, 2.75) is 19.3 Å². The summed E-state index contributed by atoms with van der Waals surface area (Å²) in [6.07, 6.45) is 7.29. The van der Waals surface area contributed by atoms with Crippen LogP contribution < -0.4 is 15.4 Å². The van der Waals surface area contributed by atoms with Crippen molar-refractivity contribution in [3.05, 3.63) is 41.6 Å². The fourth-order valence-corrected chi connectivity index (χ4v) is 3.55. The predicted molar refractivity (Wildman–Crippen MR) is 105 cm³/mol. The normalized spacial score (nSPS) is 17.1. The summed E-state index contributed by atoms with van der Waals surface area (Å²) in [5.41, 5.74) is 4.85. The molecule has 0 unspecified atom stereocenters. The Morgan fingerprint density at radius 1 is 1.23 bits per heavy atom. The summed E-state index contributed by atoms with van der Waals surface area (Å²) in [4.78, 5) is 11.1. The lowest BCUT2D eigenvalue weighted by Gasteiger charge is -2.14. The number of ether oxygens (including phenoxy) is 1. The van der Waals surface area contributed by atoms with Gasteiger partial charge < -0.3 is 20.3 Å². The molecule has 26 heavy (non-hydrogen) atoms. The quantitative estimate of drug-likeness (QED) is 0.881. The monoisotopic (exact) mass is 351 g/mol. The van der Waals surface area contributed by atoms with Crippen LogP contribution in [0.5, 0.6) is 5.75 Å². The lowest BCUT2D eigenvalue weighted by Crippen LogP contribution is -2.17. The fraction of sp³-hybridized carbons (Fsp3) is 0.400. The molecule has 6 nitrogen and oxygen atoms in total. The molecule has 136 valence electrons. The highest BCUT2D eigenvalue weighted by Gasteiger charge is 2.21. The number of nitrogens with one attached hydrogen (secondary N) is 2. The van der Waals surface area contributed by atoms with Gasteiger partial charge in [-0.2, -0.15) is 4.98 Å². The van der Waals surface area contributed by atoms with Gasteiger partial charge in [0.15, 0.2) is 0 Å². The van der Waals surface area contributed by atoms with Gasteiger partial charge in [0.25, 0.3) is 0 Å². The summed E-state index contributed by atoms with van der Waals surface area (Å²) in [5, 5.41) is 6.40. The molecule has 6 heteroatoms. The molecule has 1 aromatic heterocycles. The van der Waals surface area contributed by atoms with Crippen LogP contribution >= 0.6 is 0 Å². The molecule has 0 atom stereocenters. The van der Waals surface area contributed by atoms with Crippen LogP contribution in [0.1, 0.15) is 24.0 Å². The highest BCUT2D eigenvalue weighted by Crippen LogP contribution is 2.39. The zero-order chi connectivity index (χ0) is 17.9. The van der Waals surface area contributed by atoms with E-state index in [1.165, 1.54) is 23.1 Å². The minimum absolute atomic E-state index is 0.594. The zero-order valence-corrected chi connectivity index (χ0v) is 15.4. The third-order valence-corrected chi connectivity index (χ3v) is 4.93. The van der Waals surface area contributed by atoms with E-state index in [-0.39, 0.29) is 0 Å². The molecular formula is C20H25N5O. The molecule has 3 heterocycles. The van der Waals surface area contributed by atoms with Gasteiger partial charge in [-0.15, -0.1) is 0 Å². The summed E-state index contributed by atoms with van der Waals surface area (Å²) in [5.74, 6) is 2.44. The van der Waals surface area contributed by atoms with E-state index in [0.29, 0.717) is 5.95 Å². The highest BCUT2D eigenvalue weighted by atomic mass is 16.5. The Labute approximate surface area is 154 Å². The van der Waals surface area contributed by atoms with Crippen molar-refractivity contribution < 1.29 is 4.74 Å². The lowest BCUT2D eigenvalue weighted by molar-refractivity contribution is 0.356. The topological polar surface area (TPSA) is 62.3 Å². The summed E-state index contributed by atoms with van der Waals surface area (Å²) < 4.78 is 5.97. The Balaban J connectivity index is 1.68. The van der Waals surface area contributed by atoms with E-state index in [2.05, 4.69) is 50.8 Å². The molecular weight excluding hydrogens is 326 g/mol. The number of rotatable bonds is 4. The second-order valence-corrected chi connectivity index (χ2v) is 6.85. The standard InChI is InChI=1S/C20H25N5O/c1-21-18-5-8-22-20(24-18)23-16-12-15-7-11-26-19(15)17(13-16)14-4-3-9-25(2)10-6-14/h5-6,8,12-13H,3-4,7,9-11H2,1-2H3,(H2,21,22,23,24). The maximum absolute atomic E-state index is 5.97. The van der Waals surface area contributed by atoms with Crippen LogP contribution in [0.3, 0.4) is 0 Å². The Morgan fingerprint density at radius 2 is 2.15 bits per heavy atom. The van der Waals surface area contributed by atoms with Crippen LogP contribution in [0.15, 0.2) is 30.5 Å². The Hall–Kier alpha value is -2.60. The van der Waals surface area contributed by atoms with Gasteiger partial charge in [0.1, 0.15) is 11.6 Å². The second kappa shape index (κ2) is 7.33. The first-order chi connectivity index (χ1) is 12.7. The Morgan fingerprint density at radius 3 is 3.04 bits per heavy atom. The van der Waals surface area contributed by atoms with Gasteiger partial charge in [0, 0.05) is 43.0 Å². The summed E-state index contributed by atoms with van der Waals surface area (Å²) in [6, 6.07) is 6.18. The second-order valence-electron chi connectivity index (χ2n) is 6.85. The van der Waals surface area contributed by atoms with Gasteiger partial charge >= 0.3 is 0 Å². The average Bonchev–Trinajstić information content (AvgIpc) is 3.02. The maximum atomic E-state index is 5.97. The first-order valence-electron chi connectivity index (χ1n) is 9.18. The molecule has 0 amide bonds. The number of hydrogen-bond donors (Lipinski definition) is 2. The Bertz CT molecular complexity index is 833. The Kier molecular flexibility index (Phi) is 4.75. The molecule has 0 saturated heterocycles. The van der Waals surface area contributed by atoms with Crippen molar-refractivity contribution in [1.82, 2.24) is 14.9 Å². The predicted octanol–water partition coefficient (Wildman–Crippen LogP) is 3.31. The first-order valence-corrected chi connectivity index (χ1v) is 9.18. The highest BCUT2D eigenvalue weighted by molar-refractivity contribution is 5.77. The molecule has 2 aliphatic heterocycles. The molecule has 2 N–H and O–H groups in total. The fourth-order valence-electron chi connectivity index (χ4n) is 3.55. The van der Waals surface area contributed by atoms with Crippen LogP contribution in [-0.4, -0.2) is 48.7 Å². The summed E-state index contributed by atoms with van der Waals surface area (Å²) in [6.45, 7) is 2.87. The molecule has 0 saturated carbocycles. The van der Waals surface area contributed by atoms with Crippen molar-refractivity contribution in [3.8, 4) is 5.75 Å². The smallest absolute Gasteiger partial charge is 0.229 e. The number of anilines is 3. The first kappa shape index (κ1) is 16.8. The molecule has 1 aromatic carbocycles. The minimum atomic E-state index is 0.594. The molecule has 2 aliphatic rings. The van der Waals surface area contributed by atoms with Gasteiger partial charge in [0.05, 0.1) is 6.61 Å². The summed E-state index contributed by atoms with van der Waals surface area (Å²) in [7, 11) is 4.02. The molecule has 0 bridgehead atoms. The van der Waals surface area contributed by atoms with Crippen LogP contribution in [-0.2, 0) is 6.42 Å². The largest absolute Gasteiger partial charge is 0.492 e. The number of hydrogen-bond acceptors (Lipinski definition) is 6. The molecule has 0 spiro atoms. The number of fused-ring (bicyclic) bond motifs is 1. The molecule has 0 aliphatic carbocycles. The van der Waals surface area contributed by atoms with Crippen molar-refractivity contribution in [2.75, 3.05) is 44.4 Å². The van der Waals surface area contributed by atoms with Gasteiger partial charge in [-0.25, -0.2) is 4.98 Å². The summed E-state index contributed by atoms with van der Waals surface area (Å²) >= 11 is 0. The zero-order valence-electron chi connectivity index (χ0n) is 15.4. The van der Waals surface area contributed by atoms with E-state index in [1.54, 1.807) is 6.20 Å². The van der Waals surface area contributed by atoms with Crippen LogP contribution in [0, 0.1) is 0 Å². The maximum Gasteiger partial charge on any atom is 0.229 e. The molecule has 4 rings (SSSR count). The molecule has 2 aromatic rings. The van der Waals surface area contributed by atoms with Crippen molar-refractivity contribution in [2.24, 2.45) is 0 Å².